The predicted molar refractivity (Wildman–Crippen MR) is 67.3 cm³/mol. The number of alkyl halides is 3. The van der Waals surface area contributed by atoms with E-state index in [1.54, 1.807) is 6.07 Å². The molecule has 2 nitrogen and oxygen atoms in total. The molecule has 1 N–H and O–H groups in total. The second kappa shape index (κ2) is 5.82. The summed E-state index contributed by atoms with van der Waals surface area (Å²) in [5.74, 6) is 0.730. The van der Waals surface area contributed by atoms with Crippen LogP contribution >= 0.6 is 0 Å². The van der Waals surface area contributed by atoms with Crippen LogP contribution in [0, 0.1) is 5.92 Å². The maximum atomic E-state index is 12.8. The Morgan fingerprint density at radius 3 is 2.47 bits per heavy atom. The Morgan fingerprint density at radius 2 is 1.89 bits per heavy atom. The average Bonchev–Trinajstić information content (AvgIpc) is 2.38. The molecule has 1 aromatic carbocycles. The molecule has 1 fully saturated rings. The zero-order chi connectivity index (χ0) is 13.9. The average molecular weight is 273 g/mol. The molecule has 0 bridgehead atoms. The molecule has 1 aliphatic rings. The lowest BCUT2D eigenvalue weighted by Gasteiger charge is -2.23. The Labute approximate surface area is 111 Å². The summed E-state index contributed by atoms with van der Waals surface area (Å²) >= 11 is 0. The van der Waals surface area contributed by atoms with E-state index in [2.05, 4.69) is 5.32 Å². The molecule has 0 atom stereocenters. The molecule has 1 aromatic rings. The van der Waals surface area contributed by atoms with Crippen LogP contribution in [0.5, 0.6) is 5.75 Å². The number of piperidine rings is 1. The van der Waals surface area contributed by atoms with Crippen LogP contribution in [0.25, 0.3) is 0 Å². The molecule has 0 spiro atoms. The molecule has 1 saturated heterocycles. The van der Waals surface area contributed by atoms with Gasteiger partial charge in [0.15, 0.2) is 0 Å². The van der Waals surface area contributed by atoms with Crippen LogP contribution in [0.4, 0.5) is 13.2 Å². The van der Waals surface area contributed by atoms with Gasteiger partial charge in [0.25, 0.3) is 0 Å². The van der Waals surface area contributed by atoms with Gasteiger partial charge >= 0.3 is 6.18 Å². The van der Waals surface area contributed by atoms with E-state index in [0.29, 0.717) is 17.9 Å². The van der Waals surface area contributed by atoms with Gasteiger partial charge in [0.1, 0.15) is 5.75 Å². The molecule has 2 rings (SSSR count). The first-order valence-electron chi connectivity index (χ1n) is 6.45. The van der Waals surface area contributed by atoms with Gasteiger partial charge in [0.2, 0.25) is 0 Å². The van der Waals surface area contributed by atoms with Crippen molar-refractivity contribution in [3.63, 3.8) is 0 Å². The monoisotopic (exact) mass is 273 g/mol. The SMILES string of the molecule is COc1cc(CC2CCNCC2)cc(C(F)(F)F)c1. The molecule has 0 aliphatic carbocycles. The topological polar surface area (TPSA) is 21.3 Å². The highest BCUT2D eigenvalue weighted by Gasteiger charge is 2.31. The Kier molecular flexibility index (Phi) is 4.34. The number of benzene rings is 1. The number of hydrogen-bond acceptors (Lipinski definition) is 2. The smallest absolute Gasteiger partial charge is 0.416 e. The van der Waals surface area contributed by atoms with E-state index in [0.717, 1.165) is 32.0 Å². The summed E-state index contributed by atoms with van der Waals surface area (Å²) in [6.45, 7) is 1.89. The Balaban J connectivity index is 2.19. The zero-order valence-corrected chi connectivity index (χ0v) is 10.9. The summed E-state index contributed by atoms with van der Waals surface area (Å²) in [6.07, 6.45) is -1.61. The van der Waals surface area contributed by atoms with Crippen molar-refractivity contribution in [1.29, 1.82) is 0 Å². The van der Waals surface area contributed by atoms with E-state index in [1.807, 2.05) is 0 Å². The standard InChI is InChI=1S/C14H18F3NO/c1-19-13-8-11(6-10-2-4-18-5-3-10)7-12(9-13)14(15,16)17/h7-10,18H,2-6H2,1H3. The summed E-state index contributed by atoms with van der Waals surface area (Å²) < 4.78 is 43.4. The van der Waals surface area contributed by atoms with Gasteiger partial charge in [-0.05, 0) is 62.0 Å². The van der Waals surface area contributed by atoms with Gasteiger partial charge in [0.05, 0.1) is 12.7 Å². The van der Waals surface area contributed by atoms with Gasteiger partial charge < -0.3 is 10.1 Å². The van der Waals surface area contributed by atoms with Crippen molar-refractivity contribution in [2.24, 2.45) is 5.92 Å². The van der Waals surface area contributed by atoms with Gasteiger partial charge in [-0.1, -0.05) is 0 Å². The molecular weight excluding hydrogens is 255 g/mol. The first kappa shape index (κ1) is 14.2. The maximum absolute atomic E-state index is 12.8. The van der Waals surface area contributed by atoms with Gasteiger partial charge in [-0.3, -0.25) is 0 Å². The molecule has 1 aliphatic heterocycles. The molecule has 0 unspecified atom stereocenters. The van der Waals surface area contributed by atoms with Crippen molar-refractivity contribution in [2.45, 2.75) is 25.4 Å². The minimum atomic E-state index is -4.32. The highest BCUT2D eigenvalue weighted by Crippen LogP contribution is 2.33. The van der Waals surface area contributed by atoms with E-state index < -0.39 is 11.7 Å². The minimum absolute atomic E-state index is 0.277. The quantitative estimate of drug-likeness (QED) is 0.912. The normalized spacial score (nSPS) is 17.5. The Morgan fingerprint density at radius 1 is 1.21 bits per heavy atom. The van der Waals surface area contributed by atoms with Crippen LogP contribution in [0.1, 0.15) is 24.0 Å². The number of ether oxygens (including phenoxy) is 1. The lowest BCUT2D eigenvalue weighted by Crippen LogP contribution is -2.28. The first-order chi connectivity index (χ1) is 8.99. The fraction of sp³-hybridized carbons (Fsp3) is 0.571. The number of nitrogens with one attached hydrogen (secondary N) is 1. The van der Waals surface area contributed by atoms with E-state index in [4.69, 9.17) is 4.74 Å². The third-order valence-electron chi connectivity index (χ3n) is 3.51. The van der Waals surface area contributed by atoms with Gasteiger partial charge in [-0.15, -0.1) is 0 Å². The number of methoxy groups -OCH3 is 1. The first-order valence-corrected chi connectivity index (χ1v) is 6.45. The summed E-state index contributed by atoms with van der Waals surface area (Å²) in [6, 6.07) is 3.99. The summed E-state index contributed by atoms with van der Waals surface area (Å²) in [5, 5.41) is 3.25. The van der Waals surface area contributed by atoms with Crippen LogP contribution < -0.4 is 10.1 Å². The summed E-state index contributed by atoms with van der Waals surface area (Å²) in [5.41, 5.74) is 0.0781. The van der Waals surface area contributed by atoms with E-state index in [1.165, 1.54) is 13.2 Å². The highest BCUT2D eigenvalue weighted by molar-refractivity contribution is 5.36. The fourth-order valence-corrected chi connectivity index (χ4v) is 2.48. The Hall–Kier alpha value is -1.23. The van der Waals surface area contributed by atoms with Crippen LogP contribution in [-0.4, -0.2) is 20.2 Å². The molecule has 0 saturated carbocycles. The van der Waals surface area contributed by atoms with Gasteiger partial charge in [0, 0.05) is 0 Å². The van der Waals surface area contributed by atoms with E-state index in [-0.39, 0.29) is 5.75 Å². The molecule has 5 heteroatoms. The fourth-order valence-electron chi connectivity index (χ4n) is 2.48. The molecule has 0 aromatic heterocycles. The van der Waals surface area contributed by atoms with Gasteiger partial charge in [-0.25, -0.2) is 0 Å². The van der Waals surface area contributed by atoms with Crippen molar-refractivity contribution in [3.05, 3.63) is 29.3 Å². The molecule has 0 radical (unpaired) electrons. The zero-order valence-electron chi connectivity index (χ0n) is 10.9. The Bertz CT molecular complexity index is 425. The van der Waals surface area contributed by atoms with Crippen LogP contribution in [0.2, 0.25) is 0 Å². The number of halogens is 3. The van der Waals surface area contributed by atoms with Crippen molar-refractivity contribution in [2.75, 3.05) is 20.2 Å². The third kappa shape index (κ3) is 3.86. The lowest BCUT2D eigenvalue weighted by molar-refractivity contribution is -0.137. The number of hydrogen-bond donors (Lipinski definition) is 1. The second-order valence-electron chi connectivity index (χ2n) is 4.97. The maximum Gasteiger partial charge on any atom is 0.416 e. The van der Waals surface area contributed by atoms with Crippen molar-refractivity contribution in [1.82, 2.24) is 5.32 Å². The van der Waals surface area contributed by atoms with E-state index in [9.17, 15) is 13.2 Å². The van der Waals surface area contributed by atoms with E-state index >= 15 is 0 Å². The van der Waals surface area contributed by atoms with Crippen LogP contribution in [-0.2, 0) is 12.6 Å². The number of rotatable bonds is 3. The van der Waals surface area contributed by atoms with Crippen molar-refractivity contribution < 1.29 is 17.9 Å². The van der Waals surface area contributed by atoms with Crippen molar-refractivity contribution >= 4 is 0 Å². The molecular formula is C14H18F3NO. The summed E-state index contributed by atoms with van der Waals surface area (Å²) in [4.78, 5) is 0. The molecule has 106 valence electrons. The minimum Gasteiger partial charge on any atom is -0.497 e. The van der Waals surface area contributed by atoms with Crippen LogP contribution in [0.3, 0.4) is 0 Å². The van der Waals surface area contributed by atoms with Crippen LogP contribution in [0.15, 0.2) is 18.2 Å². The van der Waals surface area contributed by atoms with Gasteiger partial charge in [-0.2, -0.15) is 13.2 Å². The second-order valence-corrected chi connectivity index (χ2v) is 4.97. The highest BCUT2D eigenvalue weighted by atomic mass is 19.4. The molecule has 0 amide bonds. The summed E-state index contributed by atoms with van der Waals surface area (Å²) in [7, 11) is 1.39. The molecule has 1 heterocycles. The third-order valence-corrected chi connectivity index (χ3v) is 3.51. The largest absolute Gasteiger partial charge is 0.497 e. The predicted octanol–water partition coefficient (Wildman–Crippen LogP) is 3.26. The van der Waals surface area contributed by atoms with Crippen molar-refractivity contribution in [3.8, 4) is 5.75 Å². The molecule has 19 heavy (non-hydrogen) atoms. The lowest BCUT2D eigenvalue weighted by atomic mass is 9.90.